The van der Waals surface area contributed by atoms with Gasteiger partial charge in [0.2, 0.25) is 0 Å². The molecule has 1 fully saturated rings. The highest BCUT2D eigenvalue weighted by Gasteiger charge is 2.24. The van der Waals surface area contributed by atoms with Crippen LogP contribution in [0, 0.1) is 11.8 Å². The molecule has 0 bridgehead atoms. The fourth-order valence-corrected chi connectivity index (χ4v) is 3.09. The Balaban J connectivity index is 1.87. The number of carboxylic acid groups (broad SMARTS) is 1. The zero-order valence-electron chi connectivity index (χ0n) is 12.2. The maximum absolute atomic E-state index is 11.4. The van der Waals surface area contributed by atoms with E-state index in [1.807, 2.05) is 30.3 Å². The molecular formula is C17H25NO2. The van der Waals surface area contributed by atoms with Crippen LogP contribution in [0.4, 0.5) is 0 Å². The molecule has 3 nitrogen and oxygen atoms in total. The second-order valence-electron chi connectivity index (χ2n) is 6.01. The fraction of sp³-hybridized carbons (Fsp3) is 0.588. The predicted octanol–water partition coefficient (Wildman–Crippen LogP) is 3.10. The van der Waals surface area contributed by atoms with Crippen LogP contribution < -0.4 is 5.32 Å². The molecule has 2 rings (SSSR count). The molecule has 0 heterocycles. The zero-order valence-corrected chi connectivity index (χ0v) is 12.2. The molecule has 2 N–H and O–H groups in total. The lowest BCUT2D eigenvalue weighted by Gasteiger charge is -2.30. The van der Waals surface area contributed by atoms with Gasteiger partial charge in [-0.2, -0.15) is 0 Å². The van der Waals surface area contributed by atoms with E-state index in [0.717, 1.165) is 12.1 Å². The van der Waals surface area contributed by atoms with Crippen molar-refractivity contribution in [2.24, 2.45) is 11.8 Å². The lowest BCUT2D eigenvalue weighted by molar-refractivity contribution is -0.139. The van der Waals surface area contributed by atoms with Gasteiger partial charge in [-0.3, -0.25) is 4.79 Å². The highest BCUT2D eigenvalue weighted by molar-refractivity contribution is 5.73. The highest BCUT2D eigenvalue weighted by atomic mass is 16.4. The van der Waals surface area contributed by atoms with Crippen molar-refractivity contribution >= 4 is 5.97 Å². The first kappa shape index (κ1) is 15.0. The van der Waals surface area contributed by atoms with E-state index >= 15 is 0 Å². The second kappa shape index (κ2) is 7.44. The van der Waals surface area contributed by atoms with E-state index in [4.69, 9.17) is 0 Å². The van der Waals surface area contributed by atoms with Crippen molar-refractivity contribution in [2.45, 2.75) is 45.1 Å². The van der Waals surface area contributed by atoms with Gasteiger partial charge in [0.1, 0.15) is 6.04 Å². The number of rotatable bonds is 6. The van der Waals surface area contributed by atoms with Crippen LogP contribution in [0.15, 0.2) is 30.3 Å². The summed E-state index contributed by atoms with van der Waals surface area (Å²) in [7, 11) is 0. The van der Waals surface area contributed by atoms with E-state index in [2.05, 4.69) is 12.2 Å². The summed E-state index contributed by atoms with van der Waals surface area (Å²) in [6, 6.07) is 9.36. The molecule has 1 aliphatic rings. The van der Waals surface area contributed by atoms with Crippen molar-refractivity contribution in [3.05, 3.63) is 35.9 Å². The largest absolute Gasteiger partial charge is 0.480 e. The molecule has 0 radical (unpaired) electrons. The molecule has 1 saturated carbocycles. The molecule has 1 aromatic rings. The van der Waals surface area contributed by atoms with E-state index in [0.29, 0.717) is 18.3 Å². The standard InChI is InChI=1S/C17H25NO2/c1-13-7-5-6-10-15(13)12-18-16(17(19)20)11-14-8-3-2-4-9-14/h2-4,8-9,13,15-16,18H,5-7,10-12H2,1H3,(H,19,20)/t13?,15?,16-/m0/s1. The summed E-state index contributed by atoms with van der Waals surface area (Å²) in [5, 5.41) is 12.6. The summed E-state index contributed by atoms with van der Waals surface area (Å²) in [4.78, 5) is 11.4. The Hall–Kier alpha value is -1.35. The summed E-state index contributed by atoms with van der Waals surface area (Å²) in [6.07, 6.45) is 5.67. The van der Waals surface area contributed by atoms with Crippen molar-refractivity contribution in [1.29, 1.82) is 0 Å². The van der Waals surface area contributed by atoms with Crippen LogP contribution >= 0.6 is 0 Å². The first-order valence-corrected chi connectivity index (χ1v) is 7.67. The predicted molar refractivity (Wildman–Crippen MR) is 80.7 cm³/mol. The summed E-state index contributed by atoms with van der Waals surface area (Å²) < 4.78 is 0. The lowest BCUT2D eigenvalue weighted by Crippen LogP contribution is -2.42. The van der Waals surface area contributed by atoms with Gasteiger partial charge < -0.3 is 10.4 Å². The molecule has 0 aliphatic heterocycles. The molecule has 0 amide bonds. The minimum atomic E-state index is -0.752. The zero-order chi connectivity index (χ0) is 14.4. The first-order valence-electron chi connectivity index (χ1n) is 7.67. The number of carbonyl (C=O) groups is 1. The number of carboxylic acids is 1. The Morgan fingerprint density at radius 2 is 2.00 bits per heavy atom. The number of aliphatic carboxylic acids is 1. The first-order chi connectivity index (χ1) is 9.66. The Morgan fingerprint density at radius 1 is 1.30 bits per heavy atom. The van der Waals surface area contributed by atoms with Gasteiger partial charge in [0.15, 0.2) is 0 Å². The number of hydrogen-bond donors (Lipinski definition) is 2. The van der Waals surface area contributed by atoms with Crippen molar-refractivity contribution in [3.8, 4) is 0 Å². The van der Waals surface area contributed by atoms with Gasteiger partial charge in [-0.05, 0) is 36.8 Å². The maximum atomic E-state index is 11.4. The van der Waals surface area contributed by atoms with Crippen molar-refractivity contribution in [1.82, 2.24) is 5.32 Å². The van der Waals surface area contributed by atoms with Crippen LogP contribution in [0.1, 0.15) is 38.2 Å². The fourth-order valence-electron chi connectivity index (χ4n) is 3.09. The summed E-state index contributed by atoms with van der Waals surface area (Å²) in [5.74, 6) is 0.584. The van der Waals surface area contributed by atoms with Gasteiger partial charge >= 0.3 is 5.97 Å². The number of benzene rings is 1. The average molecular weight is 275 g/mol. The van der Waals surface area contributed by atoms with Gasteiger partial charge in [0, 0.05) is 0 Å². The molecular weight excluding hydrogens is 250 g/mol. The van der Waals surface area contributed by atoms with Gasteiger partial charge in [-0.15, -0.1) is 0 Å². The molecule has 3 atom stereocenters. The summed E-state index contributed by atoms with van der Waals surface area (Å²) >= 11 is 0. The number of nitrogens with one attached hydrogen (secondary N) is 1. The van der Waals surface area contributed by atoms with E-state index in [1.54, 1.807) is 0 Å². The Morgan fingerprint density at radius 3 is 2.65 bits per heavy atom. The van der Waals surface area contributed by atoms with E-state index < -0.39 is 12.0 Å². The van der Waals surface area contributed by atoms with Crippen molar-refractivity contribution in [3.63, 3.8) is 0 Å². The third kappa shape index (κ3) is 4.34. The summed E-state index contributed by atoms with van der Waals surface area (Å²) in [5.41, 5.74) is 1.07. The number of hydrogen-bond acceptors (Lipinski definition) is 2. The Kier molecular flexibility index (Phi) is 5.60. The van der Waals surface area contributed by atoms with E-state index in [-0.39, 0.29) is 0 Å². The normalized spacial score (nSPS) is 24.2. The van der Waals surface area contributed by atoms with Crippen LogP contribution in [0.3, 0.4) is 0 Å². The van der Waals surface area contributed by atoms with E-state index in [1.165, 1.54) is 25.7 Å². The molecule has 1 aromatic carbocycles. The SMILES string of the molecule is CC1CCCCC1CN[C@@H](Cc1ccccc1)C(=O)O. The highest BCUT2D eigenvalue weighted by Crippen LogP contribution is 2.28. The quantitative estimate of drug-likeness (QED) is 0.838. The van der Waals surface area contributed by atoms with Gasteiger partial charge in [-0.1, -0.05) is 56.5 Å². The molecule has 1 aliphatic carbocycles. The Bertz CT molecular complexity index is 418. The molecule has 0 spiro atoms. The van der Waals surface area contributed by atoms with E-state index in [9.17, 15) is 9.90 Å². The molecule has 20 heavy (non-hydrogen) atoms. The minimum Gasteiger partial charge on any atom is -0.480 e. The lowest BCUT2D eigenvalue weighted by atomic mass is 9.80. The molecule has 2 unspecified atom stereocenters. The smallest absolute Gasteiger partial charge is 0.321 e. The van der Waals surface area contributed by atoms with Gasteiger partial charge in [0.05, 0.1) is 0 Å². The monoisotopic (exact) mass is 275 g/mol. The van der Waals surface area contributed by atoms with Crippen molar-refractivity contribution in [2.75, 3.05) is 6.54 Å². The van der Waals surface area contributed by atoms with Crippen LogP contribution in [0.25, 0.3) is 0 Å². The second-order valence-corrected chi connectivity index (χ2v) is 6.01. The molecule has 110 valence electrons. The van der Waals surface area contributed by atoms with Gasteiger partial charge in [-0.25, -0.2) is 0 Å². The summed E-state index contributed by atoms with van der Waals surface area (Å²) in [6.45, 7) is 3.11. The molecule has 0 aromatic heterocycles. The maximum Gasteiger partial charge on any atom is 0.321 e. The third-order valence-corrected chi connectivity index (χ3v) is 4.50. The van der Waals surface area contributed by atoms with Crippen LogP contribution in [0.2, 0.25) is 0 Å². The average Bonchev–Trinajstić information content (AvgIpc) is 2.46. The Labute approximate surface area is 121 Å². The topological polar surface area (TPSA) is 49.3 Å². The van der Waals surface area contributed by atoms with Crippen molar-refractivity contribution < 1.29 is 9.90 Å². The van der Waals surface area contributed by atoms with Crippen LogP contribution in [-0.2, 0) is 11.2 Å². The molecule has 0 saturated heterocycles. The van der Waals surface area contributed by atoms with Crippen LogP contribution in [-0.4, -0.2) is 23.7 Å². The molecule has 3 heteroatoms. The minimum absolute atomic E-state index is 0.480. The van der Waals surface area contributed by atoms with Gasteiger partial charge in [0.25, 0.3) is 0 Å². The third-order valence-electron chi connectivity index (χ3n) is 4.50. The van der Waals surface area contributed by atoms with Crippen LogP contribution in [0.5, 0.6) is 0 Å².